The summed E-state index contributed by atoms with van der Waals surface area (Å²) in [5, 5.41) is 12.6. The number of anilines is 1. The van der Waals surface area contributed by atoms with E-state index in [4.69, 9.17) is 21.1 Å². The van der Waals surface area contributed by atoms with Crippen LogP contribution in [0.1, 0.15) is 30.1 Å². The van der Waals surface area contributed by atoms with Crippen LogP contribution in [-0.2, 0) is 5.54 Å². The van der Waals surface area contributed by atoms with Gasteiger partial charge in [0.1, 0.15) is 0 Å². The van der Waals surface area contributed by atoms with Gasteiger partial charge >= 0.3 is 5.97 Å². The zero-order valence-corrected chi connectivity index (χ0v) is 14.2. The van der Waals surface area contributed by atoms with Crippen molar-refractivity contribution in [2.45, 2.75) is 19.4 Å². The van der Waals surface area contributed by atoms with Crippen LogP contribution in [0.3, 0.4) is 0 Å². The lowest BCUT2D eigenvalue weighted by Crippen LogP contribution is -2.30. The molecule has 3 rings (SSSR count). The molecule has 0 atom stereocenters. The second-order valence-electron chi connectivity index (χ2n) is 5.71. The maximum absolute atomic E-state index is 10.8. The molecular formula is C16H14ClN5O3. The topological polar surface area (TPSA) is 114 Å². The number of oxazole rings is 1. The van der Waals surface area contributed by atoms with Gasteiger partial charge in [-0.1, -0.05) is 11.6 Å². The van der Waals surface area contributed by atoms with E-state index >= 15 is 0 Å². The minimum Gasteiger partial charge on any atom is -0.475 e. The fourth-order valence-corrected chi connectivity index (χ4v) is 2.55. The number of nitrogens with zero attached hydrogens (tertiary/aromatic N) is 4. The van der Waals surface area contributed by atoms with E-state index in [1.165, 1.54) is 12.4 Å². The Bertz CT molecular complexity index is 908. The summed E-state index contributed by atoms with van der Waals surface area (Å²) < 4.78 is 5.12. The van der Waals surface area contributed by atoms with Crippen LogP contribution in [0.2, 0.25) is 5.02 Å². The van der Waals surface area contributed by atoms with Gasteiger partial charge in [-0.3, -0.25) is 4.98 Å². The second kappa shape index (κ2) is 6.48. The van der Waals surface area contributed by atoms with Crippen molar-refractivity contribution in [1.82, 2.24) is 19.9 Å². The number of halogens is 1. The molecule has 0 aromatic carbocycles. The second-order valence-corrected chi connectivity index (χ2v) is 6.12. The van der Waals surface area contributed by atoms with E-state index in [-0.39, 0.29) is 11.7 Å². The molecule has 0 unspecified atom stereocenters. The minimum absolute atomic E-state index is 0.135. The van der Waals surface area contributed by atoms with E-state index in [9.17, 15) is 4.79 Å². The number of carbonyl (C=O) groups is 1. The summed E-state index contributed by atoms with van der Waals surface area (Å²) in [6, 6.07) is 3.52. The van der Waals surface area contributed by atoms with Crippen molar-refractivity contribution < 1.29 is 14.3 Å². The third-order valence-electron chi connectivity index (χ3n) is 3.39. The molecular weight excluding hydrogens is 346 g/mol. The van der Waals surface area contributed by atoms with Crippen LogP contribution in [0, 0.1) is 0 Å². The van der Waals surface area contributed by atoms with E-state index < -0.39 is 11.5 Å². The molecule has 0 amide bonds. The zero-order valence-electron chi connectivity index (χ0n) is 13.4. The van der Waals surface area contributed by atoms with Crippen molar-refractivity contribution in [3.8, 4) is 11.5 Å². The van der Waals surface area contributed by atoms with E-state index in [1.54, 1.807) is 18.3 Å². The molecule has 0 radical (unpaired) electrons. The number of nitrogens with one attached hydrogen (secondary N) is 1. The lowest BCUT2D eigenvalue weighted by atomic mass is 10.00. The lowest BCUT2D eigenvalue weighted by Gasteiger charge is -2.26. The van der Waals surface area contributed by atoms with Crippen LogP contribution in [0.15, 0.2) is 41.3 Å². The fourth-order valence-electron chi connectivity index (χ4n) is 2.19. The fraction of sp³-hybridized carbons (Fsp3) is 0.188. The van der Waals surface area contributed by atoms with Gasteiger partial charge in [0.2, 0.25) is 17.6 Å². The predicted molar refractivity (Wildman–Crippen MR) is 90.4 cm³/mol. The highest BCUT2D eigenvalue weighted by Gasteiger charge is 2.25. The normalized spacial score (nSPS) is 11.3. The van der Waals surface area contributed by atoms with E-state index in [0.29, 0.717) is 22.2 Å². The van der Waals surface area contributed by atoms with Gasteiger partial charge in [0.15, 0.2) is 0 Å². The molecule has 25 heavy (non-hydrogen) atoms. The summed E-state index contributed by atoms with van der Waals surface area (Å²) in [6.07, 6.45) is 5.78. The molecule has 0 aliphatic carbocycles. The van der Waals surface area contributed by atoms with Gasteiger partial charge in [-0.05, 0) is 26.0 Å². The quantitative estimate of drug-likeness (QED) is 0.713. The molecule has 0 aliphatic heterocycles. The third-order valence-corrected chi connectivity index (χ3v) is 3.70. The minimum atomic E-state index is -1.19. The molecule has 2 N–H and O–H groups in total. The smallest absolute Gasteiger partial charge is 0.373 e. The maximum atomic E-state index is 10.8. The highest BCUT2D eigenvalue weighted by molar-refractivity contribution is 6.31. The van der Waals surface area contributed by atoms with Crippen molar-refractivity contribution >= 4 is 23.5 Å². The highest BCUT2D eigenvalue weighted by Crippen LogP contribution is 2.28. The van der Waals surface area contributed by atoms with Crippen LogP contribution < -0.4 is 5.32 Å². The monoisotopic (exact) mass is 359 g/mol. The van der Waals surface area contributed by atoms with Crippen LogP contribution in [0.5, 0.6) is 0 Å². The van der Waals surface area contributed by atoms with Gasteiger partial charge in [-0.2, -0.15) is 0 Å². The SMILES string of the molecule is CC(C)(Nc1ncc(-c2ncc(C(=O)O)o2)cn1)c1ncccc1Cl. The van der Waals surface area contributed by atoms with E-state index in [0.717, 1.165) is 6.20 Å². The van der Waals surface area contributed by atoms with Gasteiger partial charge in [0.25, 0.3) is 0 Å². The molecule has 3 heterocycles. The van der Waals surface area contributed by atoms with Gasteiger partial charge in [-0.25, -0.2) is 19.7 Å². The Hall–Kier alpha value is -3.00. The Balaban J connectivity index is 1.80. The van der Waals surface area contributed by atoms with Gasteiger partial charge in [-0.15, -0.1) is 0 Å². The summed E-state index contributed by atoms with van der Waals surface area (Å²) in [5.41, 5.74) is 0.536. The van der Waals surface area contributed by atoms with Crippen molar-refractivity contribution in [2.75, 3.05) is 5.32 Å². The molecule has 128 valence electrons. The van der Waals surface area contributed by atoms with Gasteiger partial charge in [0, 0.05) is 18.6 Å². The Morgan fingerprint density at radius 3 is 2.52 bits per heavy atom. The largest absolute Gasteiger partial charge is 0.475 e. The summed E-state index contributed by atoms with van der Waals surface area (Å²) in [5.74, 6) is -0.938. The zero-order chi connectivity index (χ0) is 18.0. The Kier molecular flexibility index (Phi) is 4.37. The van der Waals surface area contributed by atoms with Crippen molar-refractivity contribution in [3.05, 3.63) is 53.4 Å². The van der Waals surface area contributed by atoms with Crippen molar-refractivity contribution in [3.63, 3.8) is 0 Å². The molecule has 0 aliphatic rings. The molecule has 3 aromatic rings. The standard InChI is InChI=1S/C16H14ClN5O3/c1-16(2,12-10(17)4-3-5-18-12)22-15-20-6-9(7-21-15)13-19-8-11(25-13)14(23)24/h3-8H,1-2H3,(H,23,24)(H,20,21,22). The summed E-state index contributed by atoms with van der Waals surface area (Å²) in [7, 11) is 0. The maximum Gasteiger partial charge on any atom is 0.373 e. The van der Waals surface area contributed by atoms with E-state index in [1.807, 2.05) is 13.8 Å². The van der Waals surface area contributed by atoms with Crippen LogP contribution in [-0.4, -0.2) is 31.0 Å². The average molecular weight is 360 g/mol. The number of carboxylic acids is 1. The Labute approximate surface area is 147 Å². The van der Waals surface area contributed by atoms with E-state index in [2.05, 4.69) is 25.3 Å². The molecule has 0 spiro atoms. The van der Waals surface area contributed by atoms with Crippen LogP contribution in [0.25, 0.3) is 11.5 Å². The summed E-state index contributed by atoms with van der Waals surface area (Å²) >= 11 is 6.20. The Morgan fingerprint density at radius 2 is 1.92 bits per heavy atom. The molecule has 0 saturated heterocycles. The van der Waals surface area contributed by atoms with Gasteiger partial charge < -0.3 is 14.8 Å². The van der Waals surface area contributed by atoms with Crippen LogP contribution >= 0.6 is 11.6 Å². The first-order valence-corrected chi connectivity index (χ1v) is 7.65. The first-order chi connectivity index (χ1) is 11.9. The molecule has 0 saturated carbocycles. The molecule has 0 fully saturated rings. The van der Waals surface area contributed by atoms with Gasteiger partial charge in [0.05, 0.1) is 28.0 Å². The molecule has 9 heteroatoms. The number of aromatic nitrogens is 4. The van der Waals surface area contributed by atoms with Crippen molar-refractivity contribution in [2.24, 2.45) is 0 Å². The number of hydrogen-bond acceptors (Lipinski definition) is 7. The number of aromatic carboxylic acids is 1. The molecule has 3 aromatic heterocycles. The third kappa shape index (κ3) is 3.58. The number of carboxylic acid groups (broad SMARTS) is 1. The van der Waals surface area contributed by atoms with Crippen LogP contribution in [0.4, 0.5) is 5.95 Å². The average Bonchev–Trinajstić information content (AvgIpc) is 3.06. The first kappa shape index (κ1) is 16.8. The highest BCUT2D eigenvalue weighted by atomic mass is 35.5. The predicted octanol–water partition coefficient (Wildman–Crippen LogP) is 3.23. The molecule has 8 nitrogen and oxygen atoms in total. The summed E-state index contributed by atoms with van der Waals surface area (Å²) in [6.45, 7) is 3.82. The number of rotatable bonds is 5. The summed E-state index contributed by atoms with van der Waals surface area (Å²) in [4.78, 5) is 27.4. The number of pyridine rings is 1. The molecule has 0 bridgehead atoms. The lowest BCUT2D eigenvalue weighted by molar-refractivity contribution is 0.0663. The first-order valence-electron chi connectivity index (χ1n) is 7.27. The van der Waals surface area contributed by atoms with Crippen molar-refractivity contribution in [1.29, 1.82) is 0 Å². The Morgan fingerprint density at radius 1 is 1.20 bits per heavy atom. The number of hydrogen-bond donors (Lipinski definition) is 2.